The summed E-state index contributed by atoms with van der Waals surface area (Å²) in [5, 5.41) is 11.2. The van der Waals surface area contributed by atoms with E-state index in [1.165, 1.54) is 10.9 Å². The lowest BCUT2D eigenvalue weighted by Crippen LogP contribution is -2.41. The van der Waals surface area contributed by atoms with Crippen LogP contribution in [0.15, 0.2) is 29.6 Å². The number of hydrogen-bond acceptors (Lipinski definition) is 4. The molecular weight excluding hydrogens is 254 g/mol. The van der Waals surface area contributed by atoms with E-state index in [-0.39, 0.29) is 5.56 Å². The third-order valence-electron chi connectivity index (χ3n) is 4.30. The van der Waals surface area contributed by atoms with Crippen LogP contribution in [0.3, 0.4) is 0 Å². The quantitative estimate of drug-likeness (QED) is 0.905. The summed E-state index contributed by atoms with van der Waals surface area (Å²) in [6, 6.07) is 1.67. The average molecular weight is 273 g/mol. The summed E-state index contributed by atoms with van der Waals surface area (Å²) in [7, 11) is 0. The summed E-state index contributed by atoms with van der Waals surface area (Å²) in [5.41, 5.74) is -0.291. The SMILES string of the molecule is CC1CCC(O)(Cn2cnc3cnccc3c2=O)CC1. The van der Waals surface area contributed by atoms with E-state index in [9.17, 15) is 9.90 Å². The first-order valence-corrected chi connectivity index (χ1v) is 7.09. The Labute approximate surface area is 117 Å². The summed E-state index contributed by atoms with van der Waals surface area (Å²) < 4.78 is 1.53. The van der Waals surface area contributed by atoms with Crippen molar-refractivity contribution in [3.05, 3.63) is 35.1 Å². The molecule has 0 atom stereocenters. The molecule has 5 heteroatoms. The fraction of sp³-hybridized carbons (Fsp3) is 0.533. The van der Waals surface area contributed by atoms with Crippen molar-refractivity contribution in [1.29, 1.82) is 0 Å². The molecule has 1 saturated carbocycles. The molecule has 20 heavy (non-hydrogen) atoms. The molecule has 0 unspecified atom stereocenters. The molecule has 0 aromatic carbocycles. The predicted octanol–water partition coefficient (Wildman–Crippen LogP) is 1.73. The lowest BCUT2D eigenvalue weighted by Gasteiger charge is -2.35. The van der Waals surface area contributed by atoms with Crippen LogP contribution in [0.1, 0.15) is 32.6 Å². The molecule has 2 heterocycles. The normalized spacial score (nSPS) is 26.8. The van der Waals surface area contributed by atoms with Crippen LogP contribution in [0.25, 0.3) is 10.9 Å². The van der Waals surface area contributed by atoms with E-state index < -0.39 is 5.60 Å². The molecule has 3 rings (SSSR count). The second-order valence-corrected chi connectivity index (χ2v) is 5.98. The molecule has 1 fully saturated rings. The van der Waals surface area contributed by atoms with Gasteiger partial charge < -0.3 is 5.11 Å². The van der Waals surface area contributed by atoms with Gasteiger partial charge in [-0.2, -0.15) is 0 Å². The summed E-state index contributed by atoms with van der Waals surface area (Å²) in [5.74, 6) is 0.660. The first kappa shape index (κ1) is 13.2. The number of aliphatic hydroxyl groups is 1. The molecule has 0 aliphatic heterocycles. The van der Waals surface area contributed by atoms with Crippen LogP contribution in [-0.4, -0.2) is 25.2 Å². The minimum atomic E-state index is -0.779. The number of hydrogen-bond donors (Lipinski definition) is 1. The van der Waals surface area contributed by atoms with E-state index in [2.05, 4.69) is 16.9 Å². The molecule has 2 aromatic heterocycles. The zero-order chi connectivity index (χ0) is 14.2. The molecule has 1 aliphatic carbocycles. The lowest BCUT2D eigenvalue weighted by atomic mass is 9.79. The summed E-state index contributed by atoms with van der Waals surface area (Å²) in [6.07, 6.45) is 8.20. The third kappa shape index (κ3) is 2.45. The highest BCUT2D eigenvalue weighted by molar-refractivity contribution is 5.75. The van der Waals surface area contributed by atoms with Crippen LogP contribution in [-0.2, 0) is 6.54 Å². The maximum Gasteiger partial charge on any atom is 0.261 e. The van der Waals surface area contributed by atoms with Crippen molar-refractivity contribution in [2.75, 3.05) is 0 Å². The van der Waals surface area contributed by atoms with Crippen molar-refractivity contribution in [3.8, 4) is 0 Å². The topological polar surface area (TPSA) is 68.0 Å². The van der Waals surface area contributed by atoms with Crippen LogP contribution < -0.4 is 5.56 Å². The van der Waals surface area contributed by atoms with Gasteiger partial charge in [0.25, 0.3) is 5.56 Å². The summed E-state index contributed by atoms with van der Waals surface area (Å²) in [6.45, 7) is 2.53. The zero-order valence-electron chi connectivity index (χ0n) is 11.6. The van der Waals surface area contributed by atoms with Gasteiger partial charge in [-0.05, 0) is 37.7 Å². The summed E-state index contributed by atoms with van der Waals surface area (Å²) in [4.78, 5) is 20.6. The van der Waals surface area contributed by atoms with Gasteiger partial charge in [0.1, 0.15) is 0 Å². The minimum Gasteiger partial charge on any atom is -0.388 e. The fourth-order valence-corrected chi connectivity index (χ4v) is 2.90. The van der Waals surface area contributed by atoms with Crippen LogP contribution in [0.4, 0.5) is 0 Å². The van der Waals surface area contributed by atoms with Gasteiger partial charge in [-0.25, -0.2) is 4.98 Å². The Kier molecular flexibility index (Phi) is 3.30. The second kappa shape index (κ2) is 4.98. The Morgan fingerprint density at radius 3 is 2.95 bits per heavy atom. The zero-order valence-corrected chi connectivity index (χ0v) is 11.6. The van der Waals surface area contributed by atoms with E-state index >= 15 is 0 Å². The Balaban J connectivity index is 1.91. The maximum atomic E-state index is 12.4. The smallest absolute Gasteiger partial charge is 0.261 e. The van der Waals surface area contributed by atoms with Crippen molar-refractivity contribution in [1.82, 2.24) is 14.5 Å². The van der Waals surface area contributed by atoms with Gasteiger partial charge in [0.15, 0.2) is 0 Å². The number of rotatable bonds is 2. The Hall–Kier alpha value is -1.75. The van der Waals surface area contributed by atoms with E-state index in [0.29, 0.717) is 23.4 Å². The largest absolute Gasteiger partial charge is 0.388 e. The van der Waals surface area contributed by atoms with Gasteiger partial charge in [0, 0.05) is 6.20 Å². The first-order chi connectivity index (χ1) is 9.57. The van der Waals surface area contributed by atoms with E-state index in [1.54, 1.807) is 18.5 Å². The van der Waals surface area contributed by atoms with Crippen molar-refractivity contribution in [3.63, 3.8) is 0 Å². The molecule has 1 aliphatic rings. The van der Waals surface area contributed by atoms with Crippen molar-refractivity contribution < 1.29 is 5.11 Å². The molecule has 0 bridgehead atoms. The van der Waals surface area contributed by atoms with Crippen molar-refractivity contribution in [2.45, 2.75) is 44.8 Å². The minimum absolute atomic E-state index is 0.107. The fourth-order valence-electron chi connectivity index (χ4n) is 2.90. The second-order valence-electron chi connectivity index (χ2n) is 5.98. The molecule has 0 amide bonds. The van der Waals surface area contributed by atoms with E-state index in [4.69, 9.17) is 0 Å². The van der Waals surface area contributed by atoms with Gasteiger partial charge in [0.2, 0.25) is 0 Å². The Bertz CT molecular complexity index is 672. The molecule has 2 aromatic rings. The molecule has 106 valence electrons. The van der Waals surface area contributed by atoms with Crippen LogP contribution in [0.2, 0.25) is 0 Å². The highest BCUT2D eigenvalue weighted by Crippen LogP contribution is 2.32. The molecule has 0 spiro atoms. The third-order valence-corrected chi connectivity index (χ3v) is 4.30. The molecular formula is C15H19N3O2. The van der Waals surface area contributed by atoms with Gasteiger partial charge in [-0.15, -0.1) is 0 Å². The maximum absolute atomic E-state index is 12.4. The van der Waals surface area contributed by atoms with Crippen LogP contribution in [0.5, 0.6) is 0 Å². The van der Waals surface area contributed by atoms with Gasteiger partial charge >= 0.3 is 0 Å². The van der Waals surface area contributed by atoms with Gasteiger partial charge in [-0.1, -0.05) is 6.92 Å². The Morgan fingerprint density at radius 2 is 2.20 bits per heavy atom. The number of nitrogens with zero attached hydrogens (tertiary/aromatic N) is 3. The number of pyridine rings is 1. The number of fused-ring (bicyclic) bond motifs is 1. The van der Waals surface area contributed by atoms with Crippen molar-refractivity contribution in [2.24, 2.45) is 5.92 Å². The first-order valence-electron chi connectivity index (χ1n) is 7.09. The van der Waals surface area contributed by atoms with E-state index in [0.717, 1.165) is 25.7 Å². The molecule has 5 nitrogen and oxygen atoms in total. The summed E-state index contributed by atoms with van der Waals surface area (Å²) >= 11 is 0. The lowest BCUT2D eigenvalue weighted by molar-refractivity contribution is -0.0225. The van der Waals surface area contributed by atoms with Gasteiger partial charge in [-0.3, -0.25) is 14.3 Å². The predicted molar refractivity (Wildman–Crippen MR) is 76.4 cm³/mol. The van der Waals surface area contributed by atoms with Crippen molar-refractivity contribution >= 4 is 10.9 Å². The van der Waals surface area contributed by atoms with Gasteiger partial charge in [0.05, 0.1) is 35.6 Å². The molecule has 0 radical (unpaired) electrons. The van der Waals surface area contributed by atoms with Crippen LogP contribution >= 0.6 is 0 Å². The van der Waals surface area contributed by atoms with Crippen LogP contribution in [0, 0.1) is 5.92 Å². The molecule has 1 N–H and O–H groups in total. The monoisotopic (exact) mass is 273 g/mol. The van der Waals surface area contributed by atoms with E-state index in [1.807, 2.05) is 0 Å². The number of aromatic nitrogens is 3. The standard InChI is InChI=1S/C15H19N3O2/c1-11-2-5-15(20,6-3-11)9-18-10-17-13-8-16-7-4-12(13)14(18)19/h4,7-8,10-11,20H,2-3,5-6,9H2,1H3. The average Bonchev–Trinajstić information content (AvgIpc) is 2.46. The Morgan fingerprint density at radius 1 is 1.45 bits per heavy atom. The highest BCUT2D eigenvalue weighted by atomic mass is 16.3. The molecule has 0 saturated heterocycles. The highest BCUT2D eigenvalue weighted by Gasteiger charge is 2.32.